The van der Waals surface area contributed by atoms with Gasteiger partial charge in [-0.1, -0.05) is 42.5 Å². The standard InChI is InChI=1S/C26H25FN4O6S3/c1-39(34,35)28-12-19-15-38-25-23(19)40(36,37)30-24(29-25)21-22(32)18(11-16-5-3-2-4-6-16)14-31(26(21)33)13-17-7-9-20(27)10-8-17/h2-10,15,18,21,28H,11-14H2,1H3,(H,29,30). The quantitative estimate of drug-likeness (QED) is 0.377. The number of amidine groups is 1. The van der Waals surface area contributed by atoms with Gasteiger partial charge in [0, 0.05) is 31.1 Å². The van der Waals surface area contributed by atoms with Crippen molar-refractivity contribution in [1.82, 2.24) is 9.62 Å². The minimum atomic E-state index is -4.36. The number of anilines is 1. The number of piperidine rings is 1. The van der Waals surface area contributed by atoms with Crippen LogP contribution in [0.25, 0.3) is 0 Å². The Balaban J connectivity index is 1.48. The highest BCUT2D eigenvalue weighted by atomic mass is 32.2. The van der Waals surface area contributed by atoms with Gasteiger partial charge >= 0.3 is 0 Å². The van der Waals surface area contributed by atoms with Crippen LogP contribution in [0.4, 0.5) is 9.39 Å². The van der Waals surface area contributed by atoms with E-state index < -0.39 is 49.4 Å². The zero-order valence-electron chi connectivity index (χ0n) is 21.2. The Hall–Kier alpha value is -3.46. The molecule has 1 amide bonds. The lowest BCUT2D eigenvalue weighted by atomic mass is 9.82. The summed E-state index contributed by atoms with van der Waals surface area (Å²) in [5.41, 5.74) is 1.73. The van der Waals surface area contributed by atoms with Gasteiger partial charge in [0.2, 0.25) is 15.9 Å². The maximum Gasteiger partial charge on any atom is 0.287 e. The molecule has 0 bridgehead atoms. The average molecular weight is 605 g/mol. The van der Waals surface area contributed by atoms with Crippen molar-refractivity contribution in [2.24, 2.45) is 16.2 Å². The number of benzene rings is 2. The van der Waals surface area contributed by atoms with Gasteiger partial charge in [0.1, 0.15) is 21.5 Å². The number of amides is 1. The first-order valence-electron chi connectivity index (χ1n) is 12.2. The summed E-state index contributed by atoms with van der Waals surface area (Å²) in [4.78, 5) is 28.7. The van der Waals surface area contributed by atoms with Crippen LogP contribution >= 0.6 is 11.3 Å². The number of fused-ring (bicyclic) bond motifs is 1. The van der Waals surface area contributed by atoms with Crippen LogP contribution in [-0.2, 0) is 49.1 Å². The summed E-state index contributed by atoms with van der Waals surface area (Å²) in [5.74, 6) is -3.92. The second-order valence-corrected chi connectivity index (χ2v) is 13.9. The lowest BCUT2D eigenvalue weighted by Gasteiger charge is -2.37. The first-order chi connectivity index (χ1) is 18.9. The molecule has 2 unspecified atom stereocenters. The molecule has 2 aliphatic heterocycles. The van der Waals surface area contributed by atoms with Gasteiger partial charge in [-0.15, -0.1) is 15.7 Å². The van der Waals surface area contributed by atoms with Gasteiger partial charge in [-0.2, -0.15) is 8.42 Å². The first kappa shape index (κ1) is 28.1. The summed E-state index contributed by atoms with van der Waals surface area (Å²) in [6.07, 6.45) is 1.29. The number of likely N-dealkylation sites (tertiary alicyclic amines) is 1. The topological polar surface area (TPSA) is 142 Å². The molecule has 210 valence electrons. The Labute approximate surface area is 235 Å². The van der Waals surface area contributed by atoms with Crippen LogP contribution in [0.15, 0.2) is 69.3 Å². The van der Waals surface area contributed by atoms with Crippen molar-refractivity contribution in [3.05, 3.63) is 82.5 Å². The molecule has 10 nitrogen and oxygen atoms in total. The van der Waals surface area contributed by atoms with E-state index in [1.54, 1.807) is 12.1 Å². The number of rotatable bonds is 8. The van der Waals surface area contributed by atoms with E-state index in [2.05, 4.69) is 14.4 Å². The number of Topliss-reactive ketones (excluding diaryl/α,β-unsaturated/α-hetero) is 1. The molecule has 1 saturated heterocycles. The molecule has 40 heavy (non-hydrogen) atoms. The highest BCUT2D eigenvalue weighted by Gasteiger charge is 2.47. The molecule has 1 aromatic heterocycles. The number of hydrogen-bond donors (Lipinski definition) is 2. The van der Waals surface area contributed by atoms with E-state index in [4.69, 9.17) is 0 Å². The van der Waals surface area contributed by atoms with E-state index in [1.165, 1.54) is 22.4 Å². The Bertz CT molecular complexity index is 1700. The summed E-state index contributed by atoms with van der Waals surface area (Å²) < 4.78 is 69.1. The molecular formula is C26H25FN4O6S3. The van der Waals surface area contributed by atoms with Crippen molar-refractivity contribution >= 4 is 53.9 Å². The van der Waals surface area contributed by atoms with Crippen LogP contribution in [0.5, 0.6) is 0 Å². The van der Waals surface area contributed by atoms with E-state index in [-0.39, 0.29) is 40.9 Å². The van der Waals surface area contributed by atoms with E-state index in [0.717, 1.165) is 23.2 Å². The van der Waals surface area contributed by atoms with Crippen molar-refractivity contribution in [2.45, 2.75) is 24.4 Å². The molecule has 2 atom stereocenters. The van der Waals surface area contributed by atoms with Crippen molar-refractivity contribution in [1.29, 1.82) is 0 Å². The number of halogens is 1. The molecule has 2 N–H and O–H groups in total. The molecule has 2 aliphatic rings. The zero-order chi connectivity index (χ0) is 28.7. The van der Waals surface area contributed by atoms with Crippen molar-refractivity contribution in [3.8, 4) is 0 Å². The average Bonchev–Trinajstić information content (AvgIpc) is 3.31. The predicted octanol–water partition coefficient (Wildman–Crippen LogP) is 2.54. The molecule has 0 saturated carbocycles. The molecule has 2 aromatic carbocycles. The van der Waals surface area contributed by atoms with Crippen LogP contribution in [-0.4, -0.2) is 52.1 Å². The van der Waals surface area contributed by atoms with Gasteiger partial charge in [-0.3, -0.25) is 9.59 Å². The molecule has 0 radical (unpaired) electrons. The maximum atomic E-state index is 13.7. The third-order valence-electron chi connectivity index (χ3n) is 6.63. The zero-order valence-corrected chi connectivity index (χ0v) is 23.7. The Kier molecular flexibility index (Phi) is 7.61. The third kappa shape index (κ3) is 5.99. The van der Waals surface area contributed by atoms with Crippen LogP contribution in [0.1, 0.15) is 16.7 Å². The first-order valence-corrected chi connectivity index (χ1v) is 16.4. The van der Waals surface area contributed by atoms with Crippen molar-refractivity contribution in [3.63, 3.8) is 0 Å². The minimum absolute atomic E-state index is 0.0970. The maximum absolute atomic E-state index is 13.7. The van der Waals surface area contributed by atoms with Crippen LogP contribution in [0.3, 0.4) is 0 Å². The molecule has 3 aromatic rings. The fourth-order valence-corrected chi connectivity index (χ4v) is 7.84. The summed E-state index contributed by atoms with van der Waals surface area (Å²) in [7, 11) is -7.95. The Morgan fingerprint density at radius 2 is 1.80 bits per heavy atom. The largest absolute Gasteiger partial charge is 0.337 e. The van der Waals surface area contributed by atoms with E-state index in [9.17, 15) is 30.8 Å². The van der Waals surface area contributed by atoms with E-state index >= 15 is 0 Å². The second-order valence-electron chi connectivity index (χ2n) is 9.66. The van der Waals surface area contributed by atoms with E-state index in [1.807, 2.05) is 30.3 Å². The number of hydrogen-bond acceptors (Lipinski definition) is 8. The van der Waals surface area contributed by atoms with Crippen LogP contribution in [0.2, 0.25) is 0 Å². The normalized spacial score (nSPS) is 20.6. The molecule has 14 heteroatoms. The predicted molar refractivity (Wildman–Crippen MR) is 148 cm³/mol. The smallest absolute Gasteiger partial charge is 0.287 e. The third-order valence-corrected chi connectivity index (χ3v) is 9.79. The molecule has 0 spiro atoms. The fourth-order valence-electron chi connectivity index (χ4n) is 4.78. The minimum Gasteiger partial charge on any atom is -0.337 e. The van der Waals surface area contributed by atoms with Crippen LogP contribution < -0.4 is 10.0 Å². The lowest BCUT2D eigenvalue weighted by Crippen LogP contribution is -2.55. The summed E-state index contributed by atoms with van der Waals surface area (Å²) in [5, 5.41) is 4.50. The van der Waals surface area contributed by atoms with Crippen LogP contribution in [0, 0.1) is 17.7 Å². The number of ketones is 1. The molecule has 0 aliphatic carbocycles. The number of nitrogens with zero attached hydrogens (tertiary/aromatic N) is 2. The summed E-state index contributed by atoms with van der Waals surface area (Å²) in [6, 6.07) is 14.9. The number of carbonyl (C=O) groups excluding carboxylic acids is 2. The summed E-state index contributed by atoms with van der Waals surface area (Å²) >= 11 is 1.01. The fraction of sp³-hybridized carbons (Fsp3) is 0.269. The van der Waals surface area contributed by atoms with Gasteiger partial charge in [0.15, 0.2) is 11.7 Å². The number of nitrogens with one attached hydrogen (secondary N) is 2. The van der Waals surface area contributed by atoms with Gasteiger partial charge in [-0.25, -0.2) is 17.5 Å². The molecule has 1 fully saturated rings. The van der Waals surface area contributed by atoms with Gasteiger partial charge in [0.05, 0.1) is 6.26 Å². The van der Waals surface area contributed by atoms with Crippen molar-refractivity contribution in [2.75, 3.05) is 18.1 Å². The highest BCUT2D eigenvalue weighted by molar-refractivity contribution is 7.91. The number of sulfonamides is 2. The van der Waals surface area contributed by atoms with Gasteiger partial charge in [-0.05, 0) is 35.1 Å². The number of carbonyl (C=O) groups is 2. The van der Waals surface area contributed by atoms with Gasteiger partial charge < -0.3 is 10.2 Å². The molecule has 5 rings (SSSR count). The monoisotopic (exact) mass is 604 g/mol. The molecular weight excluding hydrogens is 580 g/mol. The van der Waals surface area contributed by atoms with Gasteiger partial charge in [0.25, 0.3) is 10.0 Å². The SMILES string of the molecule is CS(=O)(=O)NCc1csc2c1S(=O)(=O)N=C(C1C(=O)C(Cc3ccccc3)CN(Cc3ccc(F)cc3)C1=O)N2. The number of thiophene rings is 1. The second kappa shape index (κ2) is 10.8. The highest BCUT2D eigenvalue weighted by Crippen LogP contribution is 2.38. The van der Waals surface area contributed by atoms with E-state index in [0.29, 0.717) is 12.0 Å². The Morgan fingerprint density at radius 3 is 2.48 bits per heavy atom. The lowest BCUT2D eigenvalue weighted by molar-refractivity contribution is -0.146. The summed E-state index contributed by atoms with van der Waals surface area (Å²) in [6.45, 7) is -0.0614. The Morgan fingerprint density at radius 1 is 1.10 bits per heavy atom. The molecule has 3 heterocycles. The van der Waals surface area contributed by atoms with Crippen molar-refractivity contribution < 1.29 is 30.8 Å².